The van der Waals surface area contributed by atoms with E-state index in [1.165, 1.54) is 12.1 Å². The van der Waals surface area contributed by atoms with Crippen molar-refractivity contribution < 1.29 is 13.5 Å². The number of halogens is 3. The SMILES string of the molecule is Fc1ccccc1[C@@H]1CC(Br)C[C@H](c2ccccc2F)O1. The molecule has 1 nitrogen and oxygen atoms in total. The molecule has 110 valence electrons. The summed E-state index contributed by atoms with van der Waals surface area (Å²) in [6, 6.07) is 13.2. The van der Waals surface area contributed by atoms with Gasteiger partial charge in [0.05, 0.1) is 12.2 Å². The Morgan fingerprint density at radius 2 is 1.24 bits per heavy atom. The lowest BCUT2D eigenvalue weighted by atomic mass is 9.94. The molecule has 3 atom stereocenters. The third kappa shape index (κ3) is 3.16. The van der Waals surface area contributed by atoms with Gasteiger partial charge in [0.15, 0.2) is 0 Å². The maximum absolute atomic E-state index is 13.9. The van der Waals surface area contributed by atoms with Crippen LogP contribution in [0.25, 0.3) is 0 Å². The molecule has 2 aromatic rings. The Hall–Kier alpha value is -1.26. The summed E-state index contributed by atoms with van der Waals surface area (Å²) in [5.74, 6) is -0.562. The lowest BCUT2D eigenvalue weighted by Gasteiger charge is -2.34. The van der Waals surface area contributed by atoms with Gasteiger partial charge in [0.2, 0.25) is 0 Å². The number of hydrogen-bond donors (Lipinski definition) is 0. The fourth-order valence-corrected chi connectivity index (χ4v) is 3.42. The Bertz CT molecular complexity index is 578. The van der Waals surface area contributed by atoms with Gasteiger partial charge in [-0.3, -0.25) is 0 Å². The third-order valence-electron chi connectivity index (χ3n) is 3.77. The highest BCUT2D eigenvalue weighted by atomic mass is 79.9. The largest absolute Gasteiger partial charge is 0.365 e. The van der Waals surface area contributed by atoms with Crippen LogP contribution in [0.3, 0.4) is 0 Å². The highest BCUT2D eigenvalue weighted by molar-refractivity contribution is 9.09. The van der Waals surface area contributed by atoms with Crippen molar-refractivity contribution in [1.29, 1.82) is 0 Å². The summed E-state index contributed by atoms with van der Waals surface area (Å²) in [5.41, 5.74) is 1.06. The lowest BCUT2D eigenvalue weighted by molar-refractivity contribution is -0.0529. The summed E-state index contributed by atoms with van der Waals surface area (Å²) in [4.78, 5) is 0.167. The first-order chi connectivity index (χ1) is 10.1. The van der Waals surface area contributed by atoms with E-state index in [0.29, 0.717) is 24.0 Å². The van der Waals surface area contributed by atoms with Crippen LogP contribution in [0.4, 0.5) is 8.78 Å². The molecule has 2 aromatic carbocycles. The third-order valence-corrected chi connectivity index (χ3v) is 4.52. The molecule has 0 N–H and O–H groups in total. The molecule has 1 heterocycles. The smallest absolute Gasteiger partial charge is 0.129 e. The quantitative estimate of drug-likeness (QED) is 0.664. The number of alkyl halides is 1. The van der Waals surface area contributed by atoms with Crippen molar-refractivity contribution in [3.63, 3.8) is 0 Å². The molecule has 0 aliphatic carbocycles. The Labute approximate surface area is 131 Å². The van der Waals surface area contributed by atoms with Crippen LogP contribution in [-0.2, 0) is 4.74 Å². The molecule has 3 rings (SSSR count). The van der Waals surface area contributed by atoms with Gasteiger partial charge in [-0.1, -0.05) is 52.3 Å². The summed E-state index contributed by atoms with van der Waals surface area (Å²) >= 11 is 3.59. The van der Waals surface area contributed by atoms with Crippen molar-refractivity contribution in [3.8, 4) is 0 Å². The van der Waals surface area contributed by atoms with Gasteiger partial charge >= 0.3 is 0 Å². The van der Waals surface area contributed by atoms with Crippen molar-refractivity contribution in [2.45, 2.75) is 29.9 Å². The van der Waals surface area contributed by atoms with E-state index >= 15 is 0 Å². The number of ether oxygens (including phenoxy) is 1. The summed E-state index contributed by atoms with van der Waals surface area (Å²) in [5, 5.41) is 0. The molecule has 1 aliphatic heterocycles. The van der Waals surface area contributed by atoms with E-state index in [2.05, 4.69) is 15.9 Å². The molecule has 1 unspecified atom stereocenters. The summed E-state index contributed by atoms with van der Waals surface area (Å²) in [6.45, 7) is 0. The minimum atomic E-state index is -0.367. The summed E-state index contributed by atoms with van der Waals surface area (Å²) in [6.07, 6.45) is 0.612. The Morgan fingerprint density at radius 3 is 1.67 bits per heavy atom. The summed E-state index contributed by atoms with van der Waals surface area (Å²) in [7, 11) is 0. The Kier molecular flexibility index (Phi) is 4.36. The Morgan fingerprint density at radius 1 is 0.810 bits per heavy atom. The van der Waals surface area contributed by atoms with E-state index in [1.54, 1.807) is 36.4 Å². The zero-order valence-electron chi connectivity index (χ0n) is 11.3. The van der Waals surface area contributed by atoms with Gasteiger partial charge in [0.1, 0.15) is 11.6 Å². The lowest BCUT2D eigenvalue weighted by Crippen LogP contribution is -2.24. The second-order valence-electron chi connectivity index (χ2n) is 5.23. The highest BCUT2D eigenvalue weighted by Gasteiger charge is 2.32. The first-order valence-electron chi connectivity index (χ1n) is 6.93. The van der Waals surface area contributed by atoms with Gasteiger partial charge in [-0.15, -0.1) is 0 Å². The van der Waals surface area contributed by atoms with Crippen molar-refractivity contribution in [2.75, 3.05) is 0 Å². The molecule has 0 radical (unpaired) electrons. The Balaban J connectivity index is 1.89. The number of rotatable bonds is 2. The van der Waals surface area contributed by atoms with Crippen LogP contribution in [0.5, 0.6) is 0 Å². The molecule has 1 fully saturated rings. The molecule has 4 heteroatoms. The van der Waals surface area contributed by atoms with Crippen LogP contribution in [0.1, 0.15) is 36.2 Å². The van der Waals surface area contributed by atoms with Crippen molar-refractivity contribution >= 4 is 15.9 Å². The van der Waals surface area contributed by atoms with E-state index in [4.69, 9.17) is 4.74 Å². The zero-order valence-corrected chi connectivity index (χ0v) is 12.9. The topological polar surface area (TPSA) is 9.23 Å². The average Bonchev–Trinajstić information content (AvgIpc) is 2.47. The van der Waals surface area contributed by atoms with E-state index < -0.39 is 0 Å². The molecule has 21 heavy (non-hydrogen) atoms. The normalized spacial score (nSPS) is 25.8. The van der Waals surface area contributed by atoms with Crippen LogP contribution in [0.15, 0.2) is 48.5 Å². The average molecular weight is 353 g/mol. The maximum atomic E-state index is 13.9. The molecule has 0 bridgehead atoms. The van der Waals surface area contributed by atoms with Crippen LogP contribution >= 0.6 is 15.9 Å². The summed E-state index contributed by atoms with van der Waals surface area (Å²) < 4.78 is 33.9. The molecule has 0 amide bonds. The molecule has 1 aliphatic rings. The minimum absolute atomic E-state index is 0.167. The molecule has 0 aromatic heterocycles. The first kappa shape index (κ1) is 14.7. The van der Waals surface area contributed by atoms with Gasteiger partial charge in [0.25, 0.3) is 0 Å². The van der Waals surface area contributed by atoms with Gasteiger partial charge in [-0.05, 0) is 25.0 Å². The molecule has 0 spiro atoms. The van der Waals surface area contributed by atoms with E-state index in [0.717, 1.165) is 0 Å². The van der Waals surface area contributed by atoms with Crippen LogP contribution in [0, 0.1) is 11.6 Å². The molecule has 0 saturated carbocycles. The minimum Gasteiger partial charge on any atom is -0.365 e. The van der Waals surface area contributed by atoms with Crippen molar-refractivity contribution in [2.24, 2.45) is 0 Å². The van der Waals surface area contributed by atoms with Crippen molar-refractivity contribution in [1.82, 2.24) is 0 Å². The fourth-order valence-electron chi connectivity index (χ4n) is 2.74. The van der Waals surface area contributed by atoms with Crippen molar-refractivity contribution in [3.05, 3.63) is 71.3 Å². The van der Waals surface area contributed by atoms with Crippen LogP contribution in [-0.4, -0.2) is 4.83 Å². The molecular formula is C17H15BrF2O. The highest BCUT2D eigenvalue weighted by Crippen LogP contribution is 2.42. The van der Waals surface area contributed by atoms with Gasteiger partial charge < -0.3 is 4.74 Å². The standard InChI is InChI=1S/C17H15BrF2O/c18-11-9-16(12-5-1-3-7-14(12)19)21-17(10-11)13-6-2-4-8-15(13)20/h1-8,11,16-17H,9-10H2/t11?,16-,17+. The van der Waals surface area contributed by atoms with Gasteiger partial charge in [0, 0.05) is 16.0 Å². The zero-order chi connectivity index (χ0) is 14.8. The number of benzene rings is 2. The molecular weight excluding hydrogens is 338 g/mol. The first-order valence-corrected chi connectivity index (χ1v) is 7.85. The van der Waals surface area contributed by atoms with Gasteiger partial charge in [-0.25, -0.2) is 8.78 Å². The monoisotopic (exact) mass is 352 g/mol. The fraction of sp³-hybridized carbons (Fsp3) is 0.294. The van der Waals surface area contributed by atoms with E-state index in [-0.39, 0.29) is 28.7 Å². The van der Waals surface area contributed by atoms with E-state index in [9.17, 15) is 8.78 Å². The number of hydrogen-bond acceptors (Lipinski definition) is 1. The predicted octanol–water partition coefficient (Wildman–Crippen LogP) is 5.32. The van der Waals surface area contributed by atoms with E-state index in [1.807, 2.05) is 0 Å². The second kappa shape index (κ2) is 6.24. The molecule has 1 saturated heterocycles. The van der Waals surface area contributed by atoms with Crippen LogP contribution < -0.4 is 0 Å². The second-order valence-corrected chi connectivity index (χ2v) is 6.52. The predicted molar refractivity (Wildman–Crippen MR) is 81.3 cm³/mol. The van der Waals surface area contributed by atoms with Crippen LogP contribution in [0.2, 0.25) is 0 Å². The maximum Gasteiger partial charge on any atom is 0.129 e. The van der Waals surface area contributed by atoms with Gasteiger partial charge in [-0.2, -0.15) is 0 Å².